The molecule has 7 heteroatoms. The fraction of sp³-hybridized carbons (Fsp3) is 0.375. The van der Waals surface area contributed by atoms with Gasteiger partial charge in [-0.05, 0) is 25.5 Å². The largest absolute Gasteiger partial charge is 0.390 e. The molecule has 1 aliphatic heterocycles. The monoisotopic (exact) mass is 314 g/mol. The lowest BCUT2D eigenvalue weighted by molar-refractivity contribution is 0.0752. The van der Waals surface area contributed by atoms with E-state index in [-0.39, 0.29) is 17.2 Å². The first-order chi connectivity index (χ1) is 11.1. The summed E-state index contributed by atoms with van der Waals surface area (Å²) in [5.74, 6) is -0.450. The highest BCUT2D eigenvalue weighted by molar-refractivity contribution is 5.93. The average Bonchev–Trinajstić information content (AvgIpc) is 3.01. The van der Waals surface area contributed by atoms with Crippen LogP contribution in [0.25, 0.3) is 5.65 Å². The van der Waals surface area contributed by atoms with Crippen molar-refractivity contribution in [3.63, 3.8) is 0 Å². The van der Waals surface area contributed by atoms with Gasteiger partial charge in [0.2, 0.25) is 0 Å². The van der Waals surface area contributed by atoms with E-state index in [0.717, 1.165) is 17.8 Å². The number of carbonyl (C=O) groups is 1. The van der Waals surface area contributed by atoms with Crippen molar-refractivity contribution in [1.29, 1.82) is 0 Å². The van der Waals surface area contributed by atoms with Gasteiger partial charge in [0.1, 0.15) is 17.3 Å². The van der Waals surface area contributed by atoms with Crippen molar-refractivity contribution in [1.82, 2.24) is 14.7 Å². The van der Waals surface area contributed by atoms with Crippen LogP contribution in [-0.4, -0.2) is 33.7 Å². The molecule has 1 aliphatic rings. The van der Waals surface area contributed by atoms with Crippen LogP contribution in [0.2, 0.25) is 0 Å². The molecule has 0 unspecified atom stereocenters. The molecular formula is C16H18N4O3. The van der Waals surface area contributed by atoms with Crippen LogP contribution in [0.15, 0.2) is 34.3 Å². The number of nitrogens with one attached hydrogen (secondary N) is 1. The van der Waals surface area contributed by atoms with E-state index >= 15 is 0 Å². The Morgan fingerprint density at radius 2 is 2.30 bits per heavy atom. The number of nitrogens with zero attached hydrogens (tertiary/aromatic N) is 3. The third-order valence-electron chi connectivity index (χ3n) is 3.86. The summed E-state index contributed by atoms with van der Waals surface area (Å²) in [6.07, 6.45) is 2.67. The molecule has 0 saturated carbocycles. The van der Waals surface area contributed by atoms with Crippen molar-refractivity contribution >= 4 is 17.3 Å². The Bertz CT molecular complexity index is 841. The van der Waals surface area contributed by atoms with Gasteiger partial charge in [-0.3, -0.25) is 14.0 Å². The molecule has 1 N–H and O–H groups in total. The van der Waals surface area contributed by atoms with E-state index in [4.69, 9.17) is 4.84 Å². The topological polar surface area (TPSA) is 85.1 Å². The molecule has 2 aromatic heterocycles. The molecule has 0 spiro atoms. The summed E-state index contributed by atoms with van der Waals surface area (Å²) in [6, 6.07) is 5.35. The zero-order chi connectivity index (χ0) is 16.4. The SMILES string of the molecule is CCC1=NO[C@@H](CNC(=O)c2cnc3cccc(C)n3c2=O)C1. The molecule has 3 rings (SSSR count). The van der Waals surface area contributed by atoms with Crippen molar-refractivity contribution < 1.29 is 9.63 Å². The van der Waals surface area contributed by atoms with Crippen molar-refractivity contribution in [2.75, 3.05) is 6.54 Å². The van der Waals surface area contributed by atoms with Gasteiger partial charge >= 0.3 is 0 Å². The summed E-state index contributed by atoms with van der Waals surface area (Å²) in [5.41, 5.74) is 1.88. The molecule has 23 heavy (non-hydrogen) atoms. The van der Waals surface area contributed by atoms with E-state index < -0.39 is 5.91 Å². The molecule has 0 aliphatic carbocycles. The van der Waals surface area contributed by atoms with Crippen LogP contribution in [0.5, 0.6) is 0 Å². The molecule has 0 aromatic carbocycles. The van der Waals surface area contributed by atoms with Crippen LogP contribution in [0.4, 0.5) is 0 Å². The Labute approximate surface area is 133 Å². The van der Waals surface area contributed by atoms with Gasteiger partial charge in [0.25, 0.3) is 11.5 Å². The van der Waals surface area contributed by atoms with Gasteiger partial charge in [-0.25, -0.2) is 4.98 Å². The Morgan fingerprint density at radius 3 is 3.04 bits per heavy atom. The number of pyridine rings is 1. The average molecular weight is 314 g/mol. The minimum Gasteiger partial charge on any atom is -0.390 e. The van der Waals surface area contributed by atoms with Crippen LogP contribution < -0.4 is 10.9 Å². The molecule has 0 bridgehead atoms. The number of aromatic nitrogens is 2. The van der Waals surface area contributed by atoms with Crippen LogP contribution in [0.1, 0.15) is 35.8 Å². The smallest absolute Gasteiger partial charge is 0.270 e. The van der Waals surface area contributed by atoms with Gasteiger partial charge in [-0.15, -0.1) is 0 Å². The number of hydrogen-bond acceptors (Lipinski definition) is 5. The Hall–Kier alpha value is -2.70. The third-order valence-corrected chi connectivity index (χ3v) is 3.86. The summed E-state index contributed by atoms with van der Waals surface area (Å²) >= 11 is 0. The lowest BCUT2D eigenvalue weighted by Gasteiger charge is -2.10. The molecule has 3 heterocycles. The maximum absolute atomic E-state index is 12.5. The molecule has 0 radical (unpaired) electrons. The fourth-order valence-electron chi connectivity index (χ4n) is 2.54. The maximum Gasteiger partial charge on any atom is 0.270 e. The molecule has 1 atom stereocenters. The Kier molecular flexibility index (Phi) is 4.10. The highest BCUT2D eigenvalue weighted by Gasteiger charge is 2.21. The number of amides is 1. The number of hydrogen-bond donors (Lipinski definition) is 1. The summed E-state index contributed by atoms with van der Waals surface area (Å²) in [5, 5.41) is 6.66. The van der Waals surface area contributed by atoms with Gasteiger partial charge in [0, 0.05) is 18.3 Å². The minimum atomic E-state index is -0.450. The molecule has 7 nitrogen and oxygen atoms in total. The molecule has 2 aromatic rings. The van der Waals surface area contributed by atoms with Crippen LogP contribution in [0.3, 0.4) is 0 Å². The number of fused-ring (bicyclic) bond motifs is 1. The number of aryl methyl sites for hydroxylation is 1. The van der Waals surface area contributed by atoms with E-state index in [1.165, 1.54) is 10.6 Å². The Balaban J connectivity index is 1.76. The molecule has 120 valence electrons. The van der Waals surface area contributed by atoms with Gasteiger partial charge in [0.15, 0.2) is 0 Å². The Morgan fingerprint density at radius 1 is 1.48 bits per heavy atom. The lowest BCUT2D eigenvalue weighted by atomic mass is 10.1. The first kappa shape index (κ1) is 15.2. The van der Waals surface area contributed by atoms with Crippen molar-refractivity contribution in [3.05, 3.63) is 46.0 Å². The minimum absolute atomic E-state index is 0.0198. The van der Waals surface area contributed by atoms with E-state index in [9.17, 15) is 9.59 Å². The second-order valence-corrected chi connectivity index (χ2v) is 5.49. The van der Waals surface area contributed by atoms with E-state index in [1.54, 1.807) is 19.1 Å². The first-order valence-corrected chi connectivity index (χ1v) is 7.57. The van der Waals surface area contributed by atoms with E-state index in [1.807, 2.05) is 13.0 Å². The van der Waals surface area contributed by atoms with E-state index in [2.05, 4.69) is 15.5 Å². The zero-order valence-electron chi connectivity index (χ0n) is 13.1. The first-order valence-electron chi connectivity index (χ1n) is 7.57. The van der Waals surface area contributed by atoms with Crippen molar-refractivity contribution in [3.8, 4) is 0 Å². The molecule has 0 fully saturated rings. The second kappa shape index (κ2) is 6.20. The number of carbonyl (C=O) groups excluding carboxylic acids is 1. The summed E-state index contributed by atoms with van der Waals surface area (Å²) in [4.78, 5) is 34.2. The van der Waals surface area contributed by atoms with Crippen LogP contribution >= 0.6 is 0 Å². The predicted octanol–water partition coefficient (Wildman–Crippen LogP) is 1.29. The highest BCUT2D eigenvalue weighted by atomic mass is 16.6. The van der Waals surface area contributed by atoms with Gasteiger partial charge in [-0.2, -0.15) is 0 Å². The zero-order valence-corrected chi connectivity index (χ0v) is 13.1. The number of rotatable bonds is 4. The standard InChI is InChI=1S/C16H18N4O3/c1-3-11-7-12(23-19-11)8-18-15(21)13-9-17-14-6-4-5-10(2)20(14)16(13)22/h4-6,9,12H,3,7-8H2,1-2H3,(H,18,21)/t12-/m1/s1. The van der Waals surface area contributed by atoms with Gasteiger partial charge in [-0.1, -0.05) is 18.1 Å². The van der Waals surface area contributed by atoms with Crippen molar-refractivity contribution in [2.24, 2.45) is 5.16 Å². The lowest BCUT2D eigenvalue weighted by Crippen LogP contribution is -2.36. The van der Waals surface area contributed by atoms with Crippen molar-refractivity contribution in [2.45, 2.75) is 32.8 Å². The third kappa shape index (κ3) is 2.94. The predicted molar refractivity (Wildman–Crippen MR) is 85.7 cm³/mol. The normalized spacial score (nSPS) is 17.0. The quantitative estimate of drug-likeness (QED) is 0.921. The summed E-state index contributed by atoms with van der Waals surface area (Å²) in [6.45, 7) is 4.11. The second-order valence-electron chi connectivity index (χ2n) is 5.49. The summed E-state index contributed by atoms with van der Waals surface area (Å²) < 4.78 is 1.43. The number of oxime groups is 1. The van der Waals surface area contributed by atoms with E-state index in [0.29, 0.717) is 18.6 Å². The van der Waals surface area contributed by atoms with Gasteiger partial charge < -0.3 is 10.2 Å². The van der Waals surface area contributed by atoms with Gasteiger partial charge in [0.05, 0.1) is 12.3 Å². The highest BCUT2D eigenvalue weighted by Crippen LogP contribution is 2.11. The maximum atomic E-state index is 12.5. The fourth-order valence-corrected chi connectivity index (χ4v) is 2.54. The molecule has 0 saturated heterocycles. The molecule has 1 amide bonds. The molecular weight excluding hydrogens is 296 g/mol. The van der Waals surface area contributed by atoms with Crippen LogP contribution in [-0.2, 0) is 4.84 Å². The summed E-state index contributed by atoms with van der Waals surface area (Å²) in [7, 11) is 0. The van der Waals surface area contributed by atoms with Crippen LogP contribution in [0, 0.1) is 6.92 Å².